The Hall–Kier alpha value is -0.0400. The lowest BCUT2D eigenvalue weighted by Crippen LogP contribution is -2.30. The Kier molecular flexibility index (Phi) is 29.3. The highest BCUT2D eigenvalue weighted by atomic mass is 16.5. The molecule has 0 N–H and O–H groups in total. The van der Waals surface area contributed by atoms with Crippen LogP contribution in [-0.4, -0.2) is 12.2 Å². The molecule has 1 nitrogen and oxygen atoms in total. The monoisotopic (exact) mass is 823 g/mol. The van der Waals surface area contributed by atoms with Crippen LogP contribution in [0.4, 0.5) is 0 Å². The summed E-state index contributed by atoms with van der Waals surface area (Å²) in [5.41, 5.74) is 0. The summed E-state index contributed by atoms with van der Waals surface area (Å²) in [6.45, 7) is 9.45. The van der Waals surface area contributed by atoms with Crippen molar-refractivity contribution in [1.29, 1.82) is 0 Å². The molecule has 0 spiro atoms. The summed E-state index contributed by atoms with van der Waals surface area (Å²) < 4.78 is 6.88. The molecule has 0 aromatic rings. The molecule has 0 radical (unpaired) electrons. The van der Waals surface area contributed by atoms with Crippen molar-refractivity contribution in [2.75, 3.05) is 0 Å². The third-order valence-corrected chi connectivity index (χ3v) is 17.6. The number of rotatable bonds is 34. The quantitative estimate of drug-likeness (QED) is 0.0588. The molecule has 2 atom stereocenters. The first-order chi connectivity index (χ1) is 29.1. The number of unbranched alkanes of at least 4 members (excludes halogenated alkanes) is 12. The van der Waals surface area contributed by atoms with Gasteiger partial charge in [-0.3, -0.25) is 0 Å². The van der Waals surface area contributed by atoms with Crippen molar-refractivity contribution in [3.8, 4) is 0 Å². The molecule has 0 aliphatic heterocycles. The zero-order valence-corrected chi connectivity index (χ0v) is 41.3. The second-order valence-electron chi connectivity index (χ2n) is 22.7. The van der Waals surface area contributed by atoms with Gasteiger partial charge >= 0.3 is 0 Å². The zero-order chi connectivity index (χ0) is 41.6. The standard InChI is InChI=1S/C58H110O/c1-5-9-13-15-19-23-49-31-35-55(36-32-49)47-53(25-17-11-7-3)29-21-27-51-39-43-57(44-40-51)59-58-45-41-52(42-46-58)28-22-30-54(26-18-12-8-4)48-56-37-33-50(34-38-56)24-20-16-14-10-6-2/h49-58H,5-48H2,1-4H3. The van der Waals surface area contributed by atoms with Crippen LogP contribution in [0.3, 0.4) is 0 Å². The van der Waals surface area contributed by atoms with Crippen LogP contribution in [0.1, 0.15) is 310 Å². The number of ether oxygens (including phenoxy) is 1. The SMILES string of the molecule is CCCCCCCC1CCC(CC(CCCCC)CCCC2CCC(OC3CCC(CCCC(CCCCC)CC4CCC(CCCCCCC)CC4)CC3)CC2)CC1. The van der Waals surface area contributed by atoms with E-state index in [9.17, 15) is 0 Å². The summed E-state index contributed by atoms with van der Waals surface area (Å²) in [5, 5.41) is 0. The molecule has 1 heteroatoms. The topological polar surface area (TPSA) is 9.23 Å². The van der Waals surface area contributed by atoms with Crippen LogP contribution >= 0.6 is 0 Å². The van der Waals surface area contributed by atoms with Crippen LogP contribution < -0.4 is 0 Å². The highest BCUT2D eigenvalue weighted by Gasteiger charge is 2.29. The van der Waals surface area contributed by atoms with Crippen LogP contribution in [0.15, 0.2) is 0 Å². The van der Waals surface area contributed by atoms with Crippen molar-refractivity contribution in [3.05, 3.63) is 0 Å². The van der Waals surface area contributed by atoms with E-state index in [1.807, 2.05) is 0 Å². The molecule has 4 aliphatic rings. The molecule has 0 aromatic carbocycles. The fourth-order valence-corrected chi connectivity index (χ4v) is 13.4. The van der Waals surface area contributed by atoms with Crippen molar-refractivity contribution in [3.63, 3.8) is 0 Å². The van der Waals surface area contributed by atoms with E-state index in [0.717, 1.165) is 47.3 Å². The first kappa shape index (κ1) is 51.6. The van der Waals surface area contributed by atoms with Gasteiger partial charge < -0.3 is 4.74 Å². The minimum absolute atomic E-state index is 0.575. The van der Waals surface area contributed by atoms with Gasteiger partial charge in [0.2, 0.25) is 0 Å². The lowest BCUT2D eigenvalue weighted by atomic mass is 9.74. The average molecular weight is 824 g/mol. The predicted molar refractivity (Wildman–Crippen MR) is 262 cm³/mol. The molecular weight excluding hydrogens is 713 g/mol. The Morgan fingerprint density at radius 1 is 0.288 bits per heavy atom. The van der Waals surface area contributed by atoms with Crippen LogP contribution in [0.5, 0.6) is 0 Å². The Labute approximate surface area is 373 Å². The molecule has 348 valence electrons. The molecule has 2 unspecified atom stereocenters. The van der Waals surface area contributed by atoms with E-state index in [1.165, 1.54) is 218 Å². The number of hydrogen-bond acceptors (Lipinski definition) is 1. The summed E-state index contributed by atoms with van der Waals surface area (Å²) in [6.07, 6.45) is 66.3. The predicted octanol–water partition coefficient (Wildman–Crippen LogP) is 20.0. The Morgan fingerprint density at radius 3 is 0.915 bits per heavy atom. The second kappa shape index (κ2) is 33.5. The lowest BCUT2D eigenvalue weighted by molar-refractivity contribution is -0.0573. The molecule has 4 aliphatic carbocycles. The fourth-order valence-electron chi connectivity index (χ4n) is 13.4. The normalized spacial score (nSPS) is 29.1. The maximum absolute atomic E-state index is 6.88. The summed E-state index contributed by atoms with van der Waals surface area (Å²) in [6, 6.07) is 0. The van der Waals surface area contributed by atoms with Gasteiger partial charge in [0.1, 0.15) is 0 Å². The lowest BCUT2D eigenvalue weighted by Gasteiger charge is -2.35. The van der Waals surface area contributed by atoms with Crippen molar-refractivity contribution in [2.24, 2.45) is 47.3 Å². The van der Waals surface area contributed by atoms with E-state index in [2.05, 4.69) is 27.7 Å². The molecule has 4 fully saturated rings. The third-order valence-electron chi connectivity index (χ3n) is 17.6. The Bertz CT molecular complexity index is 836. The van der Waals surface area contributed by atoms with Gasteiger partial charge in [-0.15, -0.1) is 0 Å². The van der Waals surface area contributed by atoms with Crippen LogP contribution in [-0.2, 0) is 4.74 Å². The summed E-state index contributed by atoms with van der Waals surface area (Å²) in [5.74, 6) is 8.23. The van der Waals surface area contributed by atoms with Gasteiger partial charge in [-0.1, -0.05) is 246 Å². The maximum atomic E-state index is 6.88. The van der Waals surface area contributed by atoms with E-state index < -0.39 is 0 Å². The maximum Gasteiger partial charge on any atom is 0.0579 e. The molecule has 0 amide bonds. The first-order valence-electron chi connectivity index (χ1n) is 28.7. The smallest absolute Gasteiger partial charge is 0.0579 e. The highest BCUT2D eigenvalue weighted by molar-refractivity contribution is 4.81. The van der Waals surface area contributed by atoms with Crippen LogP contribution in [0, 0.1) is 47.3 Å². The first-order valence-corrected chi connectivity index (χ1v) is 28.7. The van der Waals surface area contributed by atoms with E-state index in [0.29, 0.717) is 12.2 Å². The largest absolute Gasteiger partial charge is 0.375 e. The van der Waals surface area contributed by atoms with Crippen molar-refractivity contribution in [2.45, 2.75) is 322 Å². The molecule has 0 bridgehead atoms. The van der Waals surface area contributed by atoms with Gasteiger partial charge in [0.25, 0.3) is 0 Å². The highest BCUT2D eigenvalue weighted by Crippen LogP contribution is 2.41. The molecule has 4 rings (SSSR count). The Balaban J connectivity index is 1.03. The van der Waals surface area contributed by atoms with E-state index in [1.54, 1.807) is 64.2 Å². The number of hydrogen-bond donors (Lipinski definition) is 0. The Morgan fingerprint density at radius 2 is 0.559 bits per heavy atom. The van der Waals surface area contributed by atoms with E-state index in [4.69, 9.17) is 4.74 Å². The van der Waals surface area contributed by atoms with Gasteiger partial charge in [0.05, 0.1) is 12.2 Å². The summed E-state index contributed by atoms with van der Waals surface area (Å²) >= 11 is 0. The summed E-state index contributed by atoms with van der Waals surface area (Å²) in [4.78, 5) is 0. The van der Waals surface area contributed by atoms with Gasteiger partial charge in [-0.05, 0) is 112 Å². The molecule has 4 saturated carbocycles. The van der Waals surface area contributed by atoms with Crippen molar-refractivity contribution < 1.29 is 4.74 Å². The minimum Gasteiger partial charge on any atom is -0.375 e. The zero-order valence-electron chi connectivity index (χ0n) is 41.3. The van der Waals surface area contributed by atoms with Gasteiger partial charge in [0, 0.05) is 0 Å². The molecule has 0 aromatic heterocycles. The minimum atomic E-state index is 0.575. The molecular formula is C58H110O. The summed E-state index contributed by atoms with van der Waals surface area (Å²) in [7, 11) is 0. The fraction of sp³-hybridized carbons (Fsp3) is 1.00. The molecule has 59 heavy (non-hydrogen) atoms. The van der Waals surface area contributed by atoms with Gasteiger partial charge in [-0.25, -0.2) is 0 Å². The van der Waals surface area contributed by atoms with Crippen LogP contribution in [0.2, 0.25) is 0 Å². The van der Waals surface area contributed by atoms with Crippen molar-refractivity contribution >= 4 is 0 Å². The second-order valence-corrected chi connectivity index (χ2v) is 22.7. The third kappa shape index (κ3) is 23.5. The van der Waals surface area contributed by atoms with Crippen molar-refractivity contribution in [1.82, 2.24) is 0 Å². The van der Waals surface area contributed by atoms with E-state index in [-0.39, 0.29) is 0 Å². The van der Waals surface area contributed by atoms with Gasteiger partial charge in [0.15, 0.2) is 0 Å². The van der Waals surface area contributed by atoms with Gasteiger partial charge in [-0.2, -0.15) is 0 Å². The average Bonchev–Trinajstić information content (AvgIpc) is 3.26. The molecule has 0 saturated heterocycles. The van der Waals surface area contributed by atoms with Crippen LogP contribution in [0.25, 0.3) is 0 Å². The van der Waals surface area contributed by atoms with E-state index >= 15 is 0 Å². The molecule has 0 heterocycles.